The van der Waals surface area contributed by atoms with Crippen LogP contribution >= 0.6 is 11.6 Å². The number of hydrogen-bond acceptors (Lipinski definition) is 3. The summed E-state index contributed by atoms with van der Waals surface area (Å²) in [6.45, 7) is 2.68. The molecule has 21 heavy (non-hydrogen) atoms. The molecule has 0 saturated heterocycles. The second kappa shape index (κ2) is 5.37. The zero-order valence-electron chi connectivity index (χ0n) is 11.8. The van der Waals surface area contributed by atoms with Crippen molar-refractivity contribution < 1.29 is 9.53 Å². The van der Waals surface area contributed by atoms with Crippen molar-refractivity contribution in [2.75, 3.05) is 18.6 Å². The number of rotatable bonds is 2. The molecule has 1 aromatic carbocycles. The van der Waals surface area contributed by atoms with Crippen molar-refractivity contribution in [1.29, 1.82) is 0 Å². The van der Waals surface area contributed by atoms with Gasteiger partial charge in [-0.05, 0) is 29.7 Å². The molecule has 0 N–H and O–H groups in total. The molecule has 0 aliphatic carbocycles. The Balaban J connectivity index is 2.03. The van der Waals surface area contributed by atoms with E-state index in [4.69, 9.17) is 16.3 Å². The van der Waals surface area contributed by atoms with Crippen molar-refractivity contribution in [3.8, 4) is 5.75 Å². The van der Waals surface area contributed by atoms with Crippen molar-refractivity contribution in [3.05, 3.63) is 52.8 Å². The Bertz CT molecular complexity index is 702. The number of benzene rings is 1. The molecular weight excluding hydrogens is 288 g/mol. The molecule has 0 bridgehead atoms. The normalized spacial score (nSPS) is 17.6. The maximum Gasteiger partial charge on any atom is 0.258 e. The van der Waals surface area contributed by atoms with Gasteiger partial charge in [-0.15, -0.1) is 0 Å². The van der Waals surface area contributed by atoms with E-state index in [0.29, 0.717) is 22.9 Å². The molecular formula is C16H15ClN2O2. The quantitative estimate of drug-likeness (QED) is 0.852. The Morgan fingerprint density at radius 2 is 2.14 bits per heavy atom. The number of nitrogens with zero attached hydrogens (tertiary/aromatic N) is 2. The number of pyridine rings is 1. The Hall–Kier alpha value is -2.07. The van der Waals surface area contributed by atoms with Gasteiger partial charge >= 0.3 is 0 Å². The first kappa shape index (κ1) is 13.9. The highest BCUT2D eigenvalue weighted by Gasteiger charge is 2.30. The third kappa shape index (κ3) is 2.47. The van der Waals surface area contributed by atoms with Gasteiger partial charge < -0.3 is 9.64 Å². The van der Waals surface area contributed by atoms with Gasteiger partial charge in [0, 0.05) is 23.2 Å². The lowest BCUT2D eigenvalue weighted by molar-refractivity contribution is 0.0977. The molecule has 2 heterocycles. The monoisotopic (exact) mass is 302 g/mol. The van der Waals surface area contributed by atoms with Crippen LogP contribution in [-0.2, 0) is 0 Å². The second-order valence-corrected chi connectivity index (χ2v) is 5.57. The number of ether oxygens (including phenoxy) is 1. The van der Waals surface area contributed by atoms with Gasteiger partial charge in [-0.1, -0.05) is 18.5 Å². The lowest BCUT2D eigenvalue weighted by atomic mass is 9.90. The summed E-state index contributed by atoms with van der Waals surface area (Å²) in [4.78, 5) is 18.5. The molecule has 3 rings (SSSR count). The molecule has 0 saturated carbocycles. The van der Waals surface area contributed by atoms with Gasteiger partial charge in [-0.3, -0.25) is 9.78 Å². The van der Waals surface area contributed by atoms with Crippen LogP contribution < -0.4 is 9.64 Å². The van der Waals surface area contributed by atoms with E-state index < -0.39 is 0 Å². The molecule has 1 unspecified atom stereocenters. The minimum absolute atomic E-state index is 0.0326. The highest BCUT2D eigenvalue weighted by molar-refractivity contribution is 6.30. The predicted octanol–water partition coefficient (Wildman–Crippen LogP) is 3.51. The summed E-state index contributed by atoms with van der Waals surface area (Å²) in [5, 5.41) is 0.657. The maximum atomic E-state index is 12.7. The first-order valence-corrected chi connectivity index (χ1v) is 7.08. The second-order valence-electron chi connectivity index (χ2n) is 5.13. The van der Waals surface area contributed by atoms with Crippen molar-refractivity contribution in [2.24, 2.45) is 0 Å². The molecule has 1 aliphatic heterocycles. The number of anilines is 1. The van der Waals surface area contributed by atoms with Crippen LogP contribution in [0.15, 0.2) is 36.7 Å². The number of fused-ring (bicyclic) bond motifs is 1. The van der Waals surface area contributed by atoms with E-state index in [0.717, 1.165) is 11.3 Å². The minimum Gasteiger partial charge on any atom is -0.495 e. The van der Waals surface area contributed by atoms with E-state index >= 15 is 0 Å². The Kier molecular flexibility index (Phi) is 3.55. The number of halogens is 1. The summed E-state index contributed by atoms with van der Waals surface area (Å²) in [5.74, 6) is 0.812. The van der Waals surface area contributed by atoms with Crippen molar-refractivity contribution >= 4 is 23.2 Å². The smallest absolute Gasteiger partial charge is 0.258 e. The molecule has 2 aromatic rings. The van der Waals surface area contributed by atoms with E-state index in [-0.39, 0.29) is 11.8 Å². The van der Waals surface area contributed by atoms with Crippen LogP contribution in [0.2, 0.25) is 5.02 Å². The van der Waals surface area contributed by atoms with Gasteiger partial charge in [0.05, 0.1) is 25.2 Å². The molecule has 108 valence electrons. The van der Waals surface area contributed by atoms with E-state index in [2.05, 4.69) is 11.9 Å². The molecule has 0 radical (unpaired) electrons. The minimum atomic E-state index is -0.0326. The molecule has 1 amide bonds. The summed E-state index contributed by atoms with van der Waals surface area (Å²) in [6, 6.07) is 7.23. The van der Waals surface area contributed by atoms with Crippen molar-refractivity contribution in [1.82, 2.24) is 4.98 Å². The number of methoxy groups -OCH3 is 1. The number of aromatic nitrogens is 1. The molecule has 0 spiro atoms. The van der Waals surface area contributed by atoms with Gasteiger partial charge in [0.15, 0.2) is 0 Å². The van der Waals surface area contributed by atoms with Crippen LogP contribution in [-0.4, -0.2) is 24.5 Å². The molecule has 4 nitrogen and oxygen atoms in total. The Morgan fingerprint density at radius 1 is 1.33 bits per heavy atom. The molecule has 1 atom stereocenters. The lowest BCUT2D eigenvalue weighted by Gasteiger charge is -2.32. The van der Waals surface area contributed by atoms with E-state index in [9.17, 15) is 4.79 Å². The van der Waals surface area contributed by atoms with Gasteiger partial charge in [-0.25, -0.2) is 0 Å². The average Bonchev–Trinajstić information content (AvgIpc) is 2.51. The first-order valence-electron chi connectivity index (χ1n) is 6.70. The fourth-order valence-corrected chi connectivity index (χ4v) is 2.81. The van der Waals surface area contributed by atoms with E-state index in [1.54, 1.807) is 36.5 Å². The summed E-state index contributed by atoms with van der Waals surface area (Å²) >= 11 is 6.03. The van der Waals surface area contributed by atoms with Crippen LogP contribution in [0.25, 0.3) is 0 Å². The molecule has 5 heteroatoms. The summed E-state index contributed by atoms with van der Waals surface area (Å²) in [7, 11) is 1.58. The van der Waals surface area contributed by atoms with Crippen LogP contribution in [0.3, 0.4) is 0 Å². The molecule has 0 fully saturated rings. The van der Waals surface area contributed by atoms with Crippen molar-refractivity contribution in [2.45, 2.75) is 12.8 Å². The van der Waals surface area contributed by atoms with Crippen LogP contribution in [0.1, 0.15) is 28.8 Å². The molecule has 1 aliphatic rings. The zero-order valence-corrected chi connectivity index (χ0v) is 12.6. The number of amides is 1. The van der Waals surface area contributed by atoms with Gasteiger partial charge in [0.1, 0.15) is 5.75 Å². The van der Waals surface area contributed by atoms with Crippen LogP contribution in [0.4, 0.5) is 5.69 Å². The molecule has 1 aromatic heterocycles. The average molecular weight is 303 g/mol. The van der Waals surface area contributed by atoms with E-state index in [1.807, 2.05) is 12.1 Å². The van der Waals surface area contributed by atoms with Gasteiger partial charge in [0.2, 0.25) is 0 Å². The highest BCUT2D eigenvalue weighted by atomic mass is 35.5. The summed E-state index contributed by atoms with van der Waals surface area (Å²) in [5.41, 5.74) is 2.44. The third-order valence-corrected chi connectivity index (χ3v) is 3.96. The van der Waals surface area contributed by atoms with E-state index in [1.165, 1.54) is 0 Å². The highest BCUT2D eigenvalue weighted by Crippen LogP contribution is 2.33. The number of carbonyl (C=O) groups excluding carboxylic acids is 1. The lowest BCUT2D eigenvalue weighted by Crippen LogP contribution is -2.39. The number of hydrogen-bond donors (Lipinski definition) is 0. The summed E-state index contributed by atoms with van der Waals surface area (Å²) in [6.07, 6.45) is 3.29. The fourth-order valence-electron chi connectivity index (χ4n) is 2.63. The SMILES string of the molecule is COc1cncc(N2CC(C)c3cc(Cl)ccc3C2=O)c1. The van der Waals surface area contributed by atoms with Crippen LogP contribution in [0, 0.1) is 0 Å². The standard InChI is InChI=1S/C16H15ClN2O2/c1-10-9-19(12-6-13(21-2)8-18-7-12)16(20)14-4-3-11(17)5-15(10)14/h3-8,10H,9H2,1-2H3. The van der Waals surface area contributed by atoms with Gasteiger partial charge in [0.25, 0.3) is 5.91 Å². The third-order valence-electron chi connectivity index (χ3n) is 3.72. The fraction of sp³-hybridized carbons (Fsp3) is 0.250. The predicted molar refractivity (Wildman–Crippen MR) is 82.3 cm³/mol. The first-order chi connectivity index (χ1) is 10.1. The zero-order chi connectivity index (χ0) is 15.0. The van der Waals surface area contributed by atoms with Gasteiger partial charge in [-0.2, -0.15) is 0 Å². The Labute approximate surface area is 128 Å². The largest absolute Gasteiger partial charge is 0.495 e. The van der Waals surface area contributed by atoms with Crippen molar-refractivity contribution in [3.63, 3.8) is 0 Å². The van der Waals surface area contributed by atoms with Crippen LogP contribution in [0.5, 0.6) is 5.75 Å². The summed E-state index contributed by atoms with van der Waals surface area (Å²) < 4.78 is 5.18. The maximum absolute atomic E-state index is 12.7. The number of carbonyl (C=O) groups is 1. The Morgan fingerprint density at radius 3 is 2.90 bits per heavy atom. The topological polar surface area (TPSA) is 42.4 Å².